The van der Waals surface area contributed by atoms with Crippen LogP contribution in [0.4, 0.5) is 0 Å². The number of rotatable bonds is 6. The molecule has 1 aromatic heterocycles. The lowest BCUT2D eigenvalue weighted by Gasteiger charge is -2.28. The Labute approximate surface area is 165 Å². The number of ketones is 1. The number of quaternary nitrogens is 1. The average Bonchev–Trinajstić information content (AvgIpc) is 3.39. The molecule has 0 amide bonds. The SMILES string of the molecule is COc1ccc(OC)c([C@H]2CCC[NH+]2[C@H](C)C(=O)c2c[nH]c3ccccc23)c1. The van der Waals surface area contributed by atoms with E-state index in [-0.39, 0.29) is 17.9 Å². The molecule has 1 unspecified atom stereocenters. The van der Waals surface area contributed by atoms with Gasteiger partial charge in [-0.15, -0.1) is 0 Å². The number of fused-ring (bicyclic) bond motifs is 1. The third kappa shape index (κ3) is 3.16. The molecule has 2 heterocycles. The summed E-state index contributed by atoms with van der Waals surface area (Å²) in [4.78, 5) is 17.9. The van der Waals surface area contributed by atoms with Gasteiger partial charge < -0.3 is 19.4 Å². The second-order valence-electron chi connectivity index (χ2n) is 7.46. The van der Waals surface area contributed by atoms with E-state index >= 15 is 0 Å². The summed E-state index contributed by atoms with van der Waals surface area (Å²) >= 11 is 0. The van der Waals surface area contributed by atoms with E-state index in [9.17, 15) is 4.79 Å². The van der Waals surface area contributed by atoms with Crippen molar-refractivity contribution in [3.8, 4) is 11.5 Å². The van der Waals surface area contributed by atoms with Crippen LogP contribution >= 0.6 is 0 Å². The van der Waals surface area contributed by atoms with Crippen molar-refractivity contribution in [1.29, 1.82) is 0 Å². The second kappa shape index (κ2) is 7.68. The maximum Gasteiger partial charge on any atom is 0.221 e. The number of Topliss-reactive ketones (excluding diaryl/α,β-unsaturated/α-hetero) is 1. The third-order valence-corrected chi connectivity index (χ3v) is 6.02. The first kappa shape index (κ1) is 18.6. The first-order valence-corrected chi connectivity index (χ1v) is 9.82. The van der Waals surface area contributed by atoms with Gasteiger partial charge in [0, 0.05) is 35.5 Å². The number of ether oxygens (including phenoxy) is 2. The largest absolute Gasteiger partial charge is 0.497 e. The first-order chi connectivity index (χ1) is 13.6. The van der Waals surface area contributed by atoms with Crippen LogP contribution in [0.25, 0.3) is 10.9 Å². The minimum Gasteiger partial charge on any atom is -0.497 e. The summed E-state index contributed by atoms with van der Waals surface area (Å²) in [6.07, 6.45) is 3.97. The normalized spacial score (nSPS) is 20.2. The molecule has 0 saturated carbocycles. The van der Waals surface area contributed by atoms with Gasteiger partial charge in [0.2, 0.25) is 5.78 Å². The van der Waals surface area contributed by atoms with Gasteiger partial charge in [0.25, 0.3) is 0 Å². The summed E-state index contributed by atoms with van der Waals surface area (Å²) in [5, 5.41) is 0.994. The van der Waals surface area contributed by atoms with Gasteiger partial charge in [-0.25, -0.2) is 0 Å². The number of aromatic amines is 1. The van der Waals surface area contributed by atoms with Crippen LogP contribution in [-0.2, 0) is 0 Å². The number of aromatic nitrogens is 1. The number of nitrogens with one attached hydrogen (secondary N) is 2. The molecular formula is C23H27N2O3+. The first-order valence-electron chi connectivity index (χ1n) is 9.82. The van der Waals surface area contributed by atoms with Crippen molar-refractivity contribution in [3.63, 3.8) is 0 Å². The van der Waals surface area contributed by atoms with Crippen LogP contribution in [-0.4, -0.2) is 37.6 Å². The van der Waals surface area contributed by atoms with Crippen LogP contribution in [0, 0.1) is 0 Å². The van der Waals surface area contributed by atoms with Gasteiger partial charge in [-0.05, 0) is 31.2 Å². The number of hydrogen-bond donors (Lipinski definition) is 2. The smallest absolute Gasteiger partial charge is 0.221 e. The predicted molar refractivity (Wildman–Crippen MR) is 109 cm³/mol. The number of H-pyrrole nitrogens is 1. The quantitative estimate of drug-likeness (QED) is 0.647. The van der Waals surface area contributed by atoms with Crippen LogP contribution in [0.2, 0.25) is 0 Å². The average molecular weight is 379 g/mol. The van der Waals surface area contributed by atoms with E-state index in [0.29, 0.717) is 0 Å². The van der Waals surface area contributed by atoms with Crippen LogP contribution < -0.4 is 14.4 Å². The Hall–Kier alpha value is -2.79. The Kier molecular flexibility index (Phi) is 5.09. The van der Waals surface area contributed by atoms with E-state index in [1.165, 1.54) is 4.90 Å². The maximum atomic E-state index is 13.4. The van der Waals surface area contributed by atoms with E-state index in [0.717, 1.165) is 52.9 Å². The zero-order valence-corrected chi connectivity index (χ0v) is 16.6. The van der Waals surface area contributed by atoms with E-state index in [4.69, 9.17) is 9.47 Å². The fraction of sp³-hybridized carbons (Fsp3) is 0.348. The Morgan fingerprint density at radius 3 is 2.79 bits per heavy atom. The van der Waals surface area contributed by atoms with Crippen molar-refractivity contribution in [1.82, 2.24) is 4.98 Å². The van der Waals surface area contributed by atoms with Gasteiger partial charge in [-0.1, -0.05) is 18.2 Å². The highest BCUT2D eigenvalue weighted by molar-refractivity contribution is 6.09. The molecule has 3 aromatic rings. The number of benzene rings is 2. The zero-order valence-electron chi connectivity index (χ0n) is 16.6. The maximum absolute atomic E-state index is 13.4. The van der Waals surface area contributed by atoms with Crippen LogP contribution in [0.15, 0.2) is 48.7 Å². The van der Waals surface area contributed by atoms with Crippen molar-refractivity contribution < 1.29 is 19.2 Å². The monoisotopic (exact) mass is 379 g/mol. The molecule has 5 heteroatoms. The van der Waals surface area contributed by atoms with Gasteiger partial charge in [0.15, 0.2) is 0 Å². The van der Waals surface area contributed by atoms with Crippen molar-refractivity contribution >= 4 is 16.7 Å². The fourth-order valence-corrected chi connectivity index (χ4v) is 4.53. The van der Waals surface area contributed by atoms with E-state index < -0.39 is 0 Å². The molecule has 1 aliphatic heterocycles. The molecule has 4 rings (SSSR count). The summed E-state index contributed by atoms with van der Waals surface area (Å²) in [5.41, 5.74) is 2.90. The summed E-state index contributed by atoms with van der Waals surface area (Å²) in [7, 11) is 3.37. The molecule has 3 atom stereocenters. The minimum absolute atomic E-state index is 0.136. The van der Waals surface area contributed by atoms with Crippen LogP contribution in [0.5, 0.6) is 11.5 Å². The Bertz CT molecular complexity index is 994. The lowest BCUT2D eigenvalue weighted by Crippen LogP contribution is -3.14. The standard InChI is InChI=1S/C23H26N2O3/c1-15(23(26)19-14-24-20-8-5-4-7-17(19)20)25-12-6-9-21(25)18-13-16(27-2)10-11-22(18)28-3/h4-5,7-8,10-11,13-15,21,24H,6,9,12H2,1-3H3/p+1/t15-,21-/m1/s1. The molecule has 0 spiro atoms. The molecule has 1 fully saturated rings. The highest BCUT2D eigenvalue weighted by atomic mass is 16.5. The van der Waals surface area contributed by atoms with E-state index in [1.807, 2.05) is 49.5 Å². The molecule has 0 radical (unpaired) electrons. The number of para-hydroxylation sites is 1. The number of carbonyl (C=O) groups excluding carboxylic acids is 1. The zero-order chi connectivity index (χ0) is 19.7. The third-order valence-electron chi connectivity index (χ3n) is 6.02. The predicted octanol–water partition coefficient (Wildman–Crippen LogP) is 3.18. The second-order valence-corrected chi connectivity index (χ2v) is 7.46. The molecule has 2 N–H and O–H groups in total. The molecule has 5 nitrogen and oxygen atoms in total. The summed E-state index contributed by atoms with van der Waals surface area (Å²) in [6.45, 7) is 3.02. The van der Waals surface area contributed by atoms with E-state index in [2.05, 4.69) is 11.1 Å². The van der Waals surface area contributed by atoms with Gasteiger partial charge >= 0.3 is 0 Å². The Balaban J connectivity index is 1.66. The Morgan fingerprint density at radius 2 is 2.00 bits per heavy atom. The van der Waals surface area contributed by atoms with Gasteiger partial charge in [0.05, 0.1) is 26.3 Å². The summed E-state index contributed by atoms with van der Waals surface area (Å²) in [6, 6.07) is 14.0. The molecule has 0 bridgehead atoms. The number of methoxy groups -OCH3 is 2. The lowest BCUT2D eigenvalue weighted by molar-refractivity contribution is -0.931. The number of likely N-dealkylation sites (tertiary alicyclic amines) is 1. The molecule has 146 valence electrons. The summed E-state index contributed by atoms with van der Waals surface area (Å²) in [5.74, 6) is 1.86. The molecule has 0 aliphatic carbocycles. The van der Waals surface area contributed by atoms with Crippen molar-refractivity contribution in [3.05, 3.63) is 59.8 Å². The molecule has 1 saturated heterocycles. The Morgan fingerprint density at radius 1 is 1.18 bits per heavy atom. The highest BCUT2D eigenvalue weighted by Crippen LogP contribution is 2.32. The minimum atomic E-state index is -0.136. The number of hydrogen-bond acceptors (Lipinski definition) is 3. The molecule has 28 heavy (non-hydrogen) atoms. The molecule has 2 aromatic carbocycles. The van der Waals surface area contributed by atoms with Gasteiger partial charge in [0.1, 0.15) is 23.6 Å². The molecular weight excluding hydrogens is 352 g/mol. The lowest BCUT2D eigenvalue weighted by atomic mass is 9.99. The highest BCUT2D eigenvalue weighted by Gasteiger charge is 2.39. The van der Waals surface area contributed by atoms with Crippen molar-refractivity contribution in [2.24, 2.45) is 0 Å². The van der Waals surface area contributed by atoms with Gasteiger partial charge in [-0.3, -0.25) is 4.79 Å². The van der Waals surface area contributed by atoms with Gasteiger partial charge in [-0.2, -0.15) is 0 Å². The number of carbonyl (C=O) groups is 1. The van der Waals surface area contributed by atoms with Crippen LogP contribution in [0.1, 0.15) is 41.7 Å². The van der Waals surface area contributed by atoms with Crippen molar-refractivity contribution in [2.45, 2.75) is 31.8 Å². The summed E-state index contributed by atoms with van der Waals surface area (Å²) < 4.78 is 11.0. The van der Waals surface area contributed by atoms with E-state index in [1.54, 1.807) is 14.2 Å². The fourth-order valence-electron chi connectivity index (χ4n) is 4.53. The topological polar surface area (TPSA) is 55.8 Å². The molecule has 1 aliphatic rings. The van der Waals surface area contributed by atoms with Crippen LogP contribution in [0.3, 0.4) is 0 Å². The van der Waals surface area contributed by atoms with Crippen molar-refractivity contribution in [2.75, 3.05) is 20.8 Å².